The second-order valence-electron chi connectivity index (χ2n) is 4.06. The van der Waals surface area contributed by atoms with Crippen molar-refractivity contribution in [1.82, 2.24) is 0 Å². The number of hydrogen-bond donors (Lipinski definition) is 0. The van der Waals surface area contributed by atoms with Crippen LogP contribution in [0.2, 0.25) is 0 Å². The zero-order valence-corrected chi connectivity index (χ0v) is 10.1. The SMILES string of the molecule is C=Cc1cccc(F)c1-c1cccc(C)c1C=O. The summed E-state index contributed by atoms with van der Waals surface area (Å²) < 4.78 is 14.0. The van der Waals surface area contributed by atoms with Crippen LogP contribution in [0.5, 0.6) is 0 Å². The van der Waals surface area contributed by atoms with Crippen LogP contribution < -0.4 is 0 Å². The molecule has 0 heterocycles. The lowest BCUT2D eigenvalue weighted by atomic mass is 9.93. The molecule has 0 radical (unpaired) electrons. The van der Waals surface area contributed by atoms with Gasteiger partial charge in [0, 0.05) is 11.1 Å². The van der Waals surface area contributed by atoms with Gasteiger partial charge in [-0.05, 0) is 29.7 Å². The summed E-state index contributed by atoms with van der Waals surface area (Å²) in [6, 6.07) is 10.2. The minimum atomic E-state index is -0.346. The van der Waals surface area contributed by atoms with E-state index < -0.39 is 0 Å². The molecular weight excluding hydrogens is 227 g/mol. The highest BCUT2D eigenvalue weighted by Crippen LogP contribution is 2.31. The van der Waals surface area contributed by atoms with Gasteiger partial charge in [-0.25, -0.2) is 4.39 Å². The molecule has 0 atom stereocenters. The molecule has 0 saturated heterocycles. The van der Waals surface area contributed by atoms with E-state index in [-0.39, 0.29) is 5.82 Å². The van der Waals surface area contributed by atoms with Gasteiger partial charge in [-0.1, -0.05) is 43.0 Å². The molecule has 2 aromatic carbocycles. The number of aryl methyl sites for hydroxylation is 1. The van der Waals surface area contributed by atoms with Crippen molar-refractivity contribution in [3.05, 3.63) is 65.5 Å². The fraction of sp³-hybridized carbons (Fsp3) is 0.0625. The third kappa shape index (κ3) is 1.97. The van der Waals surface area contributed by atoms with Gasteiger partial charge in [0.2, 0.25) is 0 Å². The van der Waals surface area contributed by atoms with E-state index in [4.69, 9.17) is 0 Å². The van der Waals surface area contributed by atoms with Crippen molar-refractivity contribution in [3.8, 4) is 11.1 Å². The van der Waals surface area contributed by atoms with E-state index in [1.807, 2.05) is 19.1 Å². The third-order valence-electron chi connectivity index (χ3n) is 2.98. The average Bonchev–Trinajstić information content (AvgIpc) is 2.38. The van der Waals surface area contributed by atoms with E-state index in [9.17, 15) is 9.18 Å². The van der Waals surface area contributed by atoms with Crippen molar-refractivity contribution in [2.24, 2.45) is 0 Å². The Balaban J connectivity index is 2.81. The van der Waals surface area contributed by atoms with Crippen LogP contribution in [0.3, 0.4) is 0 Å². The Kier molecular flexibility index (Phi) is 3.38. The predicted octanol–water partition coefficient (Wildman–Crippen LogP) is 4.26. The molecule has 0 aliphatic rings. The molecule has 2 heteroatoms. The molecule has 0 amide bonds. The van der Waals surface area contributed by atoms with Crippen molar-refractivity contribution in [3.63, 3.8) is 0 Å². The third-order valence-corrected chi connectivity index (χ3v) is 2.98. The van der Waals surface area contributed by atoms with Gasteiger partial charge >= 0.3 is 0 Å². The maximum Gasteiger partial charge on any atom is 0.150 e. The largest absolute Gasteiger partial charge is 0.298 e. The summed E-state index contributed by atoms with van der Waals surface area (Å²) in [6.45, 7) is 5.52. The number of rotatable bonds is 3. The van der Waals surface area contributed by atoms with Gasteiger partial charge in [-0.3, -0.25) is 4.79 Å². The first kappa shape index (κ1) is 12.2. The Hall–Kier alpha value is -2.22. The number of halogens is 1. The fourth-order valence-electron chi connectivity index (χ4n) is 2.05. The molecule has 0 aromatic heterocycles. The number of carbonyl (C=O) groups excluding carboxylic acids is 1. The summed E-state index contributed by atoms with van der Waals surface area (Å²) in [7, 11) is 0. The van der Waals surface area contributed by atoms with Gasteiger partial charge in [0.25, 0.3) is 0 Å². The van der Waals surface area contributed by atoms with Gasteiger partial charge < -0.3 is 0 Å². The van der Waals surface area contributed by atoms with Crippen LogP contribution in [0.15, 0.2) is 43.0 Å². The molecular formula is C16H13FO. The topological polar surface area (TPSA) is 17.1 Å². The quantitative estimate of drug-likeness (QED) is 0.733. The Bertz CT molecular complexity index is 614. The van der Waals surface area contributed by atoms with Crippen LogP contribution in [-0.4, -0.2) is 6.29 Å². The highest BCUT2D eigenvalue weighted by Gasteiger charge is 2.13. The number of carbonyl (C=O) groups is 1. The van der Waals surface area contributed by atoms with Crippen molar-refractivity contribution in [2.75, 3.05) is 0 Å². The molecule has 2 rings (SSSR count). The van der Waals surface area contributed by atoms with E-state index in [1.54, 1.807) is 24.3 Å². The molecule has 0 spiro atoms. The van der Waals surface area contributed by atoms with Crippen molar-refractivity contribution >= 4 is 12.4 Å². The molecule has 0 N–H and O–H groups in total. The van der Waals surface area contributed by atoms with Gasteiger partial charge in [-0.2, -0.15) is 0 Å². The maximum absolute atomic E-state index is 14.0. The maximum atomic E-state index is 14.0. The molecule has 1 nitrogen and oxygen atoms in total. The van der Waals surface area contributed by atoms with Crippen LogP contribution in [0.4, 0.5) is 4.39 Å². The molecule has 0 aliphatic heterocycles. The second-order valence-corrected chi connectivity index (χ2v) is 4.06. The molecule has 0 bridgehead atoms. The lowest BCUT2D eigenvalue weighted by Crippen LogP contribution is -1.96. The summed E-state index contributed by atoms with van der Waals surface area (Å²) >= 11 is 0. The minimum Gasteiger partial charge on any atom is -0.298 e. The summed E-state index contributed by atoms with van der Waals surface area (Å²) in [6.07, 6.45) is 2.36. The number of hydrogen-bond acceptors (Lipinski definition) is 1. The van der Waals surface area contributed by atoms with Gasteiger partial charge in [0.05, 0.1) is 0 Å². The Morgan fingerprint density at radius 1 is 1.17 bits per heavy atom. The normalized spacial score (nSPS) is 10.1. The molecule has 0 unspecified atom stereocenters. The molecule has 90 valence electrons. The van der Waals surface area contributed by atoms with Crippen LogP contribution in [-0.2, 0) is 0 Å². The highest BCUT2D eigenvalue weighted by atomic mass is 19.1. The fourth-order valence-corrected chi connectivity index (χ4v) is 2.05. The Morgan fingerprint density at radius 2 is 1.89 bits per heavy atom. The summed E-state index contributed by atoms with van der Waals surface area (Å²) in [5, 5.41) is 0. The van der Waals surface area contributed by atoms with E-state index in [0.717, 1.165) is 11.8 Å². The van der Waals surface area contributed by atoms with Crippen LogP contribution >= 0.6 is 0 Å². The average molecular weight is 240 g/mol. The minimum absolute atomic E-state index is 0.346. The first-order valence-electron chi connectivity index (χ1n) is 5.65. The molecule has 18 heavy (non-hydrogen) atoms. The highest BCUT2D eigenvalue weighted by molar-refractivity contribution is 5.91. The summed E-state index contributed by atoms with van der Waals surface area (Å²) in [4.78, 5) is 11.2. The summed E-state index contributed by atoms with van der Waals surface area (Å²) in [5.74, 6) is -0.346. The van der Waals surface area contributed by atoms with E-state index in [1.165, 1.54) is 6.07 Å². The first-order chi connectivity index (χ1) is 8.69. The molecule has 0 fully saturated rings. The van der Waals surface area contributed by atoms with Crippen LogP contribution in [0.25, 0.3) is 17.2 Å². The lowest BCUT2D eigenvalue weighted by Gasteiger charge is -2.11. The standard InChI is InChI=1S/C16H13FO/c1-3-12-7-5-9-15(17)16(12)13-8-4-6-11(2)14(13)10-18/h3-10H,1H2,2H3. The molecule has 0 aliphatic carbocycles. The lowest BCUT2D eigenvalue weighted by molar-refractivity contribution is 0.112. The second kappa shape index (κ2) is 4.96. The smallest absolute Gasteiger partial charge is 0.150 e. The monoisotopic (exact) mass is 240 g/mol. The van der Waals surface area contributed by atoms with Crippen molar-refractivity contribution in [2.45, 2.75) is 6.92 Å². The van der Waals surface area contributed by atoms with Gasteiger partial charge in [0.15, 0.2) is 6.29 Å². The molecule has 0 saturated carbocycles. The summed E-state index contributed by atoms with van der Waals surface area (Å²) in [5.41, 5.74) is 3.08. The van der Waals surface area contributed by atoms with Crippen molar-refractivity contribution in [1.29, 1.82) is 0 Å². The number of aldehydes is 1. The van der Waals surface area contributed by atoms with E-state index >= 15 is 0 Å². The Labute approximate surface area is 106 Å². The first-order valence-corrected chi connectivity index (χ1v) is 5.65. The Morgan fingerprint density at radius 3 is 2.56 bits per heavy atom. The predicted molar refractivity (Wildman–Crippen MR) is 72.1 cm³/mol. The van der Waals surface area contributed by atoms with Gasteiger partial charge in [-0.15, -0.1) is 0 Å². The van der Waals surface area contributed by atoms with Gasteiger partial charge in [0.1, 0.15) is 5.82 Å². The van der Waals surface area contributed by atoms with E-state index in [0.29, 0.717) is 22.3 Å². The van der Waals surface area contributed by atoms with Crippen molar-refractivity contribution < 1.29 is 9.18 Å². The van der Waals surface area contributed by atoms with E-state index in [2.05, 4.69) is 6.58 Å². The van der Waals surface area contributed by atoms with Crippen LogP contribution in [0.1, 0.15) is 21.5 Å². The van der Waals surface area contributed by atoms with Crippen LogP contribution in [0, 0.1) is 12.7 Å². The molecule has 2 aromatic rings. The zero-order valence-electron chi connectivity index (χ0n) is 10.1. The number of benzene rings is 2. The zero-order chi connectivity index (χ0) is 13.1.